The smallest absolute Gasteiger partial charge is 0.379 e. The number of carbonyl (C=O) groups is 3. The number of aromatic nitrogens is 4. The molecule has 0 aliphatic carbocycles. The van der Waals surface area contributed by atoms with E-state index in [1.165, 1.54) is 29.8 Å². The van der Waals surface area contributed by atoms with Crippen molar-refractivity contribution in [1.82, 2.24) is 34.4 Å². The highest BCUT2D eigenvalue weighted by Crippen LogP contribution is 2.36. The van der Waals surface area contributed by atoms with Crippen LogP contribution in [-0.2, 0) is 24.6 Å². The summed E-state index contributed by atoms with van der Waals surface area (Å²) in [6, 6.07) is 6.00. The minimum absolute atomic E-state index is 0.0398. The SMILES string of the molecule is Cn1c(-c2cn(CC#N)nc2C(F)(F)F)cnc1C(=O)Nc1ccc(C(=O)N2CCN(C(=O)[C@]3(O)CCCNC3)CC2)c(Cl)c1. The first kappa shape index (κ1) is 31.9. The number of hydrogen-bond acceptors (Lipinski definition) is 8. The molecule has 1 aromatic carbocycles. The van der Waals surface area contributed by atoms with Crippen molar-refractivity contribution in [2.75, 3.05) is 44.6 Å². The Kier molecular flexibility index (Phi) is 8.88. The number of piperazine rings is 1. The third-order valence-corrected chi connectivity index (χ3v) is 8.11. The van der Waals surface area contributed by atoms with Gasteiger partial charge in [0.05, 0.1) is 34.1 Å². The van der Waals surface area contributed by atoms with Gasteiger partial charge >= 0.3 is 6.18 Å². The van der Waals surface area contributed by atoms with Gasteiger partial charge in [0, 0.05) is 51.7 Å². The van der Waals surface area contributed by atoms with Crippen molar-refractivity contribution in [1.29, 1.82) is 5.26 Å². The second-order valence-electron chi connectivity index (χ2n) is 10.8. The topological polar surface area (TPSA) is 161 Å². The fourth-order valence-electron chi connectivity index (χ4n) is 5.44. The van der Waals surface area contributed by atoms with Crippen LogP contribution in [0, 0.1) is 11.3 Å². The van der Waals surface area contributed by atoms with Crippen molar-refractivity contribution in [3.05, 3.63) is 52.7 Å². The predicted molar refractivity (Wildman–Crippen MR) is 154 cm³/mol. The number of rotatable bonds is 6. The van der Waals surface area contributed by atoms with E-state index in [9.17, 15) is 32.7 Å². The standard InChI is InChI=1S/C28H29ClF3N9O4/c1-38-21(19-15-41(8-6-33)37-22(19)28(30,31)32)14-35-23(38)24(42)36-17-3-4-18(20(29)13-17)25(43)39-9-11-40(12-10-39)26(44)27(45)5-2-7-34-16-27/h3-4,13-15,34,45H,2,5,7-12,16H2,1H3,(H,36,42)/t27-/m0/s1. The number of piperidine rings is 1. The van der Waals surface area contributed by atoms with Crippen molar-refractivity contribution in [2.24, 2.45) is 7.05 Å². The lowest BCUT2D eigenvalue weighted by Crippen LogP contribution is -2.60. The number of β-amino-alcohol motifs (C(OH)–C–C–N with tert-alkyl or cyclic N) is 1. The number of alkyl halides is 3. The highest BCUT2D eigenvalue weighted by atomic mass is 35.5. The highest BCUT2D eigenvalue weighted by Gasteiger charge is 2.41. The fourth-order valence-corrected chi connectivity index (χ4v) is 5.71. The number of benzene rings is 1. The summed E-state index contributed by atoms with van der Waals surface area (Å²) in [6.07, 6.45) is -1.57. The third kappa shape index (κ3) is 6.51. The molecule has 2 saturated heterocycles. The zero-order chi connectivity index (χ0) is 32.5. The molecule has 1 atom stereocenters. The maximum Gasteiger partial charge on any atom is 0.435 e. The van der Waals surface area contributed by atoms with Crippen molar-refractivity contribution < 1.29 is 32.7 Å². The normalized spacial score (nSPS) is 18.9. The molecule has 2 aliphatic heterocycles. The summed E-state index contributed by atoms with van der Waals surface area (Å²) in [5.41, 5.74) is -2.65. The number of hydrogen-bond donors (Lipinski definition) is 3. The van der Waals surface area contributed by atoms with E-state index in [2.05, 4.69) is 20.7 Å². The van der Waals surface area contributed by atoms with E-state index in [0.717, 1.165) is 23.6 Å². The van der Waals surface area contributed by atoms with Gasteiger partial charge in [0.1, 0.15) is 6.54 Å². The number of aliphatic hydroxyl groups is 1. The first-order valence-electron chi connectivity index (χ1n) is 14.0. The van der Waals surface area contributed by atoms with E-state index < -0.39 is 29.9 Å². The molecule has 4 heterocycles. The second-order valence-corrected chi connectivity index (χ2v) is 11.2. The largest absolute Gasteiger partial charge is 0.435 e. The number of nitrogens with one attached hydrogen (secondary N) is 2. The van der Waals surface area contributed by atoms with E-state index in [1.807, 2.05) is 0 Å². The van der Waals surface area contributed by atoms with Gasteiger partial charge in [-0.15, -0.1) is 0 Å². The van der Waals surface area contributed by atoms with Crippen molar-refractivity contribution >= 4 is 35.0 Å². The van der Waals surface area contributed by atoms with Crippen LogP contribution in [0.25, 0.3) is 11.3 Å². The van der Waals surface area contributed by atoms with Gasteiger partial charge in [0.15, 0.2) is 17.1 Å². The van der Waals surface area contributed by atoms with Crippen LogP contribution in [-0.4, -0.2) is 96.8 Å². The maximum atomic E-state index is 13.6. The van der Waals surface area contributed by atoms with Crippen molar-refractivity contribution in [2.45, 2.75) is 31.2 Å². The molecule has 3 amide bonds. The summed E-state index contributed by atoms with van der Waals surface area (Å²) in [4.78, 5) is 46.2. The predicted octanol–water partition coefficient (Wildman–Crippen LogP) is 2.13. The highest BCUT2D eigenvalue weighted by molar-refractivity contribution is 6.34. The molecule has 0 saturated carbocycles. The summed E-state index contributed by atoms with van der Waals surface area (Å²) in [5, 5.41) is 28.7. The molecular formula is C28H29ClF3N9O4. The monoisotopic (exact) mass is 647 g/mol. The van der Waals surface area contributed by atoms with Crippen molar-refractivity contribution in [3.63, 3.8) is 0 Å². The van der Waals surface area contributed by atoms with Crippen LogP contribution in [0.3, 0.4) is 0 Å². The molecule has 3 N–H and O–H groups in total. The van der Waals surface area contributed by atoms with E-state index >= 15 is 0 Å². The summed E-state index contributed by atoms with van der Waals surface area (Å²) in [7, 11) is 1.37. The average Bonchev–Trinajstić information content (AvgIpc) is 3.60. The number of nitrogens with zero attached hydrogens (tertiary/aromatic N) is 7. The Morgan fingerprint density at radius 1 is 1.20 bits per heavy atom. The minimum Gasteiger partial charge on any atom is -0.379 e. The molecule has 0 unspecified atom stereocenters. The molecule has 13 nitrogen and oxygen atoms in total. The molecule has 2 aromatic heterocycles. The number of imidazole rings is 1. The molecule has 0 spiro atoms. The van der Waals surface area contributed by atoms with Gasteiger partial charge in [0.25, 0.3) is 17.7 Å². The minimum atomic E-state index is -4.81. The first-order chi connectivity index (χ1) is 21.3. The zero-order valence-electron chi connectivity index (χ0n) is 24.1. The van der Waals surface area contributed by atoms with Gasteiger partial charge in [0.2, 0.25) is 0 Å². The van der Waals surface area contributed by atoms with Crippen LogP contribution >= 0.6 is 11.6 Å². The molecule has 45 heavy (non-hydrogen) atoms. The van der Waals surface area contributed by atoms with E-state index in [1.54, 1.807) is 15.9 Å². The summed E-state index contributed by atoms with van der Waals surface area (Å²) < 4.78 is 42.9. The Morgan fingerprint density at radius 3 is 2.53 bits per heavy atom. The van der Waals surface area contributed by atoms with Gasteiger partial charge < -0.3 is 30.1 Å². The fraction of sp³-hybridized carbons (Fsp3) is 0.429. The number of carbonyl (C=O) groups excluding carboxylic acids is 3. The summed E-state index contributed by atoms with van der Waals surface area (Å²) >= 11 is 6.41. The average molecular weight is 648 g/mol. The van der Waals surface area contributed by atoms with Crippen LogP contribution in [0.5, 0.6) is 0 Å². The second kappa shape index (κ2) is 12.5. The Bertz CT molecular complexity index is 1670. The lowest BCUT2D eigenvalue weighted by Gasteiger charge is -2.40. The van der Waals surface area contributed by atoms with Crippen molar-refractivity contribution in [3.8, 4) is 17.3 Å². The maximum absolute atomic E-state index is 13.6. The van der Waals surface area contributed by atoms with E-state index in [-0.39, 0.29) is 77.9 Å². The Labute approximate surface area is 260 Å². The quantitative estimate of drug-likeness (QED) is 0.367. The molecular weight excluding hydrogens is 619 g/mol. The van der Waals surface area contributed by atoms with Gasteiger partial charge in [-0.3, -0.25) is 19.1 Å². The molecule has 3 aromatic rings. The lowest BCUT2D eigenvalue weighted by atomic mass is 9.92. The summed E-state index contributed by atoms with van der Waals surface area (Å²) in [6.45, 7) is 1.55. The van der Waals surface area contributed by atoms with Crippen LogP contribution in [0.4, 0.5) is 18.9 Å². The van der Waals surface area contributed by atoms with Crippen LogP contribution < -0.4 is 10.6 Å². The van der Waals surface area contributed by atoms with Gasteiger partial charge in [-0.2, -0.15) is 23.5 Å². The molecule has 0 bridgehead atoms. The van der Waals surface area contributed by atoms with Crippen LogP contribution in [0.2, 0.25) is 5.02 Å². The van der Waals surface area contributed by atoms with Crippen LogP contribution in [0.1, 0.15) is 39.5 Å². The molecule has 5 rings (SSSR count). The molecule has 2 fully saturated rings. The molecule has 238 valence electrons. The zero-order valence-corrected chi connectivity index (χ0v) is 24.8. The van der Waals surface area contributed by atoms with Gasteiger partial charge in [-0.25, -0.2) is 4.98 Å². The number of halogens is 4. The Balaban J connectivity index is 1.24. The van der Waals surface area contributed by atoms with E-state index in [0.29, 0.717) is 12.8 Å². The molecule has 0 radical (unpaired) electrons. The third-order valence-electron chi connectivity index (χ3n) is 7.80. The first-order valence-corrected chi connectivity index (χ1v) is 14.4. The van der Waals surface area contributed by atoms with E-state index in [4.69, 9.17) is 16.9 Å². The number of nitriles is 1. The Morgan fingerprint density at radius 2 is 1.91 bits per heavy atom. The lowest BCUT2D eigenvalue weighted by molar-refractivity contribution is -0.154. The van der Waals surface area contributed by atoms with Gasteiger partial charge in [-0.1, -0.05) is 11.6 Å². The van der Waals surface area contributed by atoms with Crippen LogP contribution in [0.15, 0.2) is 30.6 Å². The molecule has 17 heteroatoms. The Hall–Kier alpha value is -4.46. The molecule has 2 aliphatic rings. The number of amides is 3. The number of anilines is 1. The summed E-state index contributed by atoms with van der Waals surface area (Å²) in [5.74, 6) is -1.67. The van der Waals surface area contributed by atoms with Gasteiger partial charge in [-0.05, 0) is 37.6 Å².